The summed E-state index contributed by atoms with van der Waals surface area (Å²) in [7, 11) is 0. The maximum atomic E-state index is 13.4. The Labute approximate surface area is 82.8 Å². The van der Waals surface area contributed by atoms with Crippen molar-refractivity contribution in [3.8, 4) is 5.75 Å². The van der Waals surface area contributed by atoms with Gasteiger partial charge in [0, 0.05) is 12.0 Å². The predicted octanol–water partition coefficient (Wildman–Crippen LogP) is 2.09. The van der Waals surface area contributed by atoms with Crippen LogP contribution in [-0.4, -0.2) is 12.4 Å². The molecule has 0 spiro atoms. The lowest BCUT2D eigenvalue weighted by Gasteiger charge is -2.16. The summed E-state index contributed by atoms with van der Waals surface area (Å²) in [6.45, 7) is 0.0497. The first kappa shape index (κ1) is 8.69. The zero-order valence-corrected chi connectivity index (χ0v) is 8.23. The average Bonchev–Trinajstić information content (AvgIpc) is 2.12. The minimum atomic E-state index is -0.398. The molecule has 0 N–H and O–H groups in total. The van der Waals surface area contributed by atoms with Gasteiger partial charge in [-0.05, 0) is 28.1 Å². The molecule has 0 aliphatic carbocycles. The van der Waals surface area contributed by atoms with E-state index < -0.39 is 5.82 Å². The lowest BCUT2D eigenvalue weighted by Crippen LogP contribution is -2.21. The molecule has 68 valence electrons. The molecule has 0 amide bonds. The Morgan fingerprint density at radius 3 is 3.00 bits per heavy atom. The zero-order chi connectivity index (χ0) is 9.42. The summed E-state index contributed by atoms with van der Waals surface area (Å²) in [5, 5.41) is 0. The van der Waals surface area contributed by atoms with Crippen LogP contribution in [0, 0.1) is 5.82 Å². The Balaban J connectivity index is 2.54. The fourth-order valence-corrected chi connectivity index (χ4v) is 1.65. The molecule has 1 aliphatic rings. The largest absolute Gasteiger partial charge is 0.485 e. The lowest BCUT2D eigenvalue weighted by atomic mass is 10.1. The summed E-state index contributed by atoms with van der Waals surface area (Å²) in [5.41, 5.74) is 0.352. The maximum Gasteiger partial charge on any atom is 0.174 e. The molecule has 0 aromatic heterocycles. The molecule has 0 fully saturated rings. The Hall–Kier alpha value is -0.900. The van der Waals surface area contributed by atoms with E-state index in [-0.39, 0.29) is 18.8 Å². The molecule has 1 aromatic carbocycles. The molecule has 0 radical (unpaired) electrons. The number of hydrogen-bond donors (Lipinski definition) is 0. The molecule has 4 heteroatoms. The van der Waals surface area contributed by atoms with E-state index in [0.29, 0.717) is 15.8 Å². The zero-order valence-electron chi connectivity index (χ0n) is 6.64. The van der Waals surface area contributed by atoms with Crippen molar-refractivity contribution in [2.75, 3.05) is 6.61 Å². The van der Waals surface area contributed by atoms with E-state index in [4.69, 9.17) is 4.74 Å². The minimum Gasteiger partial charge on any atom is -0.485 e. The van der Waals surface area contributed by atoms with Gasteiger partial charge in [-0.15, -0.1) is 0 Å². The molecular weight excluding hydrogens is 239 g/mol. The normalized spacial score (nSPS) is 15.1. The van der Waals surface area contributed by atoms with E-state index in [2.05, 4.69) is 15.9 Å². The predicted molar refractivity (Wildman–Crippen MR) is 48.3 cm³/mol. The number of fused-ring (bicyclic) bond motifs is 1. The van der Waals surface area contributed by atoms with Crippen LogP contribution in [0.2, 0.25) is 0 Å². The number of hydrogen-bond acceptors (Lipinski definition) is 2. The second-order valence-electron chi connectivity index (χ2n) is 2.84. The maximum absolute atomic E-state index is 13.4. The Kier molecular flexibility index (Phi) is 2.07. The first-order chi connectivity index (χ1) is 6.18. The smallest absolute Gasteiger partial charge is 0.174 e. The molecule has 1 aliphatic heterocycles. The van der Waals surface area contributed by atoms with E-state index in [1.807, 2.05) is 0 Å². The van der Waals surface area contributed by atoms with Crippen LogP contribution in [0.4, 0.5) is 4.39 Å². The number of rotatable bonds is 0. The highest BCUT2D eigenvalue weighted by Gasteiger charge is 2.21. The molecule has 0 saturated carbocycles. The van der Waals surface area contributed by atoms with Crippen LogP contribution in [-0.2, 0) is 11.2 Å². The summed E-state index contributed by atoms with van der Waals surface area (Å²) in [6.07, 6.45) is 0.126. The van der Waals surface area contributed by atoms with Crippen LogP contribution in [0.15, 0.2) is 16.6 Å². The first-order valence-corrected chi connectivity index (χ1v) is 4.59. The van der Waals surface area contributed by atoms with Gasteiger partial charge in [-0.25, -0.2) is 4.39 Å². The molecule has 13 heavy (non-hydrogen) atoms. The number of ether oxygens (including phenoxy) is 1. The highest BCUT2D eigenvalue weighted by Crippen LogP contribution is 2.30. The molecule has 0 saturated heterocycles. The fraction of sp³-hybridized carbons (Fsp3) is 0.222. The summed E-state index contributed by atoms with van der Waals surface area (Å²) in [5.74, 6) is -0.0182. The van der Waals surface area contributed by atoms with Gasteiger partial charge in [0.1, 0.15) is 18.2 Å². The van der Waals surface area contributed by atoms with Crippen LogP contribution >= 0.6 is 15.9 Å². The van der Waals surface area contributed by atoms with Gasteiger partial charge >= 0.3 is 0 Å². The van der Waals surface area contributed by atoms with Crippen molar-refractivity contribution >= 4 is 21.7 Å². The van der Waals surface area contributed by atoms with Gasteiger partial charge in [0.2, 0.25) is 0 Å². The number of carbonyl (C=O) groups excluding carboxylic acids is 1. The van der Waals surface area contributed by atoms with Crippen molar-refractivity contribution in [1.29, 1.82) is 0 Å². The van der Waals surface area contributed by atoms with Gasteiger partial charge in [-0.1, -0.05) is 0 Å². The minimum absolute atomic E-state index is 0.0497. The molecule has 0 unspecified atom stereocenters. The Morgan fingerprint density at radius 2 is 2.23 bits per heavy atom. The van der Waals surface area contributed by atoms with Crippen molar-refractivity contribution in [2.45, 2.75) is 6.42 Å². The third-order valence-corrected chi connectivity index (χ3v) is 2.53. The van der Waals surface area contributed by atoms with Crippen molar-refractivity contribution in [1.82, 2.24) is 0 Å². The van der Waals surface area contributed by atoms with Gasteiger partial charge in [0.05, 0.1) is 4.47 Å². The van der Waals surface area contributed by atoms with E-state index in [9.17, 15) is 9.18 Å². The van der Waals surface area contributed by atoms with Gasteiger partial charge in [0.15, 0.2) is 5.78 Å². The SMILES string of the molecule is O=C1COc2ccc(Br)c(F)c2C1. The van der Waals surface area contributed by atoms with Crippen molar-refractivity contribution in [3.05, 3.63) is 28.0 Å². The molecule has 1 aromatic rings. The second kappa shape index (κ2) is 3.10. The Bertz CT molecular complexity index is 376. The van der Waals surface area contributed by atoms with Gasteiger partial charge in [0.25, 0.3) is 0 Å². The standard InChI is InChI=1S/C9H6BrFO2/c10-7-1-2-8-6(9(7)11)3-5(12)4-13-8/h1-2H,3-4H2. The van der Waals surface area contributed by atoms with E-state index in [1.54, 1.807) is 12.1 Å². The molecule has 0 bridgehead atoms. The summed E-state index contributed by atoms with van der Waals surface area (Å²) >= 11 is 3.05. The molecule has 1 heterocycles. The lowest BCUT2D eigenvalue weighted by molar-refractivity contribution is -0.121. The van der Waals surface area contributed by atoms with Crippen molar-refractivity contribution < 1.29 is 13.9 Å². The first-order valence-electron chi connectivity index (χ1n) is 3.80. The van der Waals surface area contributed by atoms with Crippen LogP contribution in [0.25, 0.3) is 0 Å². The highest BCUT2D eigenvalue weighted by atomic mass is 79.9. The summed E-state index contributed by atoms with van der Waals surface area (Å²) in [6, 6.07) is 3.24. The Morgan fingerprint density at radius 1 is 1.46 bits per heavy atom. The molecule has 2 rings (SSSR count). The van der Waals surface area contributed by atoms with Crippen molar-refractivity contribution in [2.24, 2.45) is 0 Å². The van der Waals surface area contributed by atoms with E-state index in [1.165, 1.54) is 0 Å². The van der Waals surface area contributed by atoms with Gasteiger partial charge < -0.3 is 4.74 Å². The quantitative estimate of drug-likeness (QED) is 0.699. The topological polar surface area (TPSA) is 26.3 Å². The third kappa shape index (κ3) is 1.46. The van der Waals surface area contributed by atoms with Gasteiger partial charge in [-0.2, -0.15) is 0 Å². The number of halogens is 2. The van der Waals surface area contributed by atoms with Crippen molar-refractivity contribution in [3.63, 3.8) is 0 Å². The molecule has 0 atom stereocenters. The molecular formula is C9H6BrFO2. The molecule has 2 nitrogen and oxygen atoms in total. The number of benzene rings is 1. The second-order valence-corrected chi connectivity index (χ2v) is 3.70. The number of carbonyl (C=O) groups is 1. The van der Waals surface area contributed by atoms with Crippen LogP contribution in [0.3, 0.4) is 0 Å². The van der Waals surface area contributed by atoms with E-state index in [0.717, 1.165) is 0 Å². The van der Waals surface area contributed by atoms with Gasteiger partial charge in [-0.3, -0.25) is 4.79 Å². The van der Waals surface area contributed by atoms with Crippen LogP contribution in [0.5, 0.6) is 5.75 Å². The highest BCUT2D eigenvalue weighted by molar-refractivity contribution is 9.10. The summed E-state index contributed by atoms with van der Waals surface area (Å²) in [4.78, 5) is 11.0. The van der Waals surface area contributed by atoms with E-state index >= 15 is 0 Å². The van der Waals surface area contributed by atoms with Crippen LogP contribution < -0.4 is 4.74 Å². The monoisotopic (exact) mass is 244 g/mol. The third-order valence-electron chi connectivity index (χ3n) is 1.92. The van der Waals surface area contributed by atoms with Crippen LogP contribution in [0.1, 0.15) is 5.56 Å². The fourth-order valence-electron chi connectivity index (χ4n) is 1.28. The summed E-state index contributed by atoms with van der Waals surface area (Å²) < 4.78 is 18.8. The number of ketones is 1. The average molecular weight is 245 g/mol. The number of Topliss-reactive ketones (excluding diaryl/α,β-unsaturated/α-hetero) is 1.